The van der Waals surface area contributed by atoms with Gasteiger partial charge in [0.05, 0.1) is 0 Å². The van der Waals surface area contributed by atoms with E-state index in [4.69, 9.17) is 0 Å². The predicted octanol–water partition coefficient (Wildman–Crippen LogP) is 3.59. The summed E-state index contributed by atoms with van der Waals surface area (Å²) in [6.07, 6.45) is 5.75. The summed E-state index contributed by atoms with van der Waals surface area (Å²) in [7, 11) is 0. The van der Waals surface area contributed by atoms with Gasteiger partial charge < -0.3 is 0 Å². The number of rotatable bonds is 4. The average molecular weight is 182 g/mol. The maximum Gasteiger partial charge on any atom is 0.141 e. The summed E-state index contributed by atoms with van der Waals surface area (Å²) in [6.45, 7) is 10.2. The number of hydrogen-bond acceptors (Lipinski definition) is 1. The Bertz CT molecular complexity index is 182. The van der Waals surface area contributed by atoms with E-state index in [1.165, 1.54) is 0 Å². The lowest BCUT2D eigenvalue weighted by Gasteiger charge is -2.14. The summed E-state index contributed by atoms with van der Waals surface area (Å²) in [4.78, 5) is 11.5. The van der Waals surface area contributed by atoms with Gasteiger partial charge in [0.25, 0.3) is 0 Å². The first-order valence-electron chi connectivity index (χ1n) is 5.02. The van der Waals surface area contributed by atoms with Crippen LogP contribution in [0.5, 0.6) is 0 Å². The molecule has 0 fully saturated rings. The second-order valence-corrected chi connectivity index (χ2v) is 4.98. The van der Waals surface area contributed by atoms with Gasteiger partial charge in [-0.05, 0) is 12.3 Å². The summed E-state index contributed by atoms with van der Waals surface area (Å²) in [5, 5.41) is 0. The zero-order chi connectivity index (χ0) is 10.5. The summed E-state index contributed by atoms with van der Waals surface area (Å²) in [5.41, 5.74) is -0.192. The van der Waals surface area contributed by atoms with Crippen molar-refractivity contribution in [2.24, 2.45) is 11.3 Å². The molecule has 0 aliphatic heterocycles. The molecule has 0 N–H and O–H groups in total. The number of Topliss-reactive ketones (excluding diaryl/α,β-unsaturated/α-hetero) is 1. The van der Waals surface area contributed by atoms with E-state index in [0.29, 0.717) is 18.1 Å². The predicted molar refractivity (Wildman–Crippen MR) is 57.7 cm³/mol. The topological polar surface area (TPSA) is 17.1 Å². The van der Waals surface area contributed by atoms with Gasteiger partial charge in [0, 0.05) is 11.8 Å². The zero-order valence-corrected chi connectivity index (χ0v) is 9.55. The third-order valence-electron chi connectivity index (χ3n) is 1.91. The molecule has 0 atom stereocenters. The first-order chi connectivity index (χ1) is 5.84. The van der Waals surface area contributed by atoms with E-state index in [1.807, 2.05) is 26.8 Å². The molecule has 0 bridgehead atoms. The van der Waals surface area contributed by atoms with Crippen LogP contribution >= 0.6 is 0 Å². The molecule has 13 heavy (non-hydrogen) atoms. The SMILES string of the molecule is CC(C)C/C=C/CC(=O)C(C)(C)C. The first kappa shape index (κ1) is 12.4. The van der Waals surface area contributed by atoms with Crippen molar-refractivity contribution in [3.05, 3.63) is 12.2 Å². The lowest BCUT2D eigenvalue weighted by Crippen LogP contribution is -2.18. The van der Waals surface area contributed by atoms with Crippen LogP contribution in [0.1, 0.15) is 47.5 Å². The number of carbonyl (C=O) groups excluding carboxylic acids is 1. The van der Waals surface area contributed by atoms with Crippen molar-refractivity contribution in [1.82, 2.24) is 0 Å². The number of carbonyl (C=O) groups is 1. The van der Waals surface area contributed by atoms with Gasteiger partial charge in [0.1, 0.15) is 5.78 Å². The maximum atomic E-state index is 11.5. The average Bonchev–Trinajstić information content (AvgIpc) is 1.95. The fourth-order valence-corrected chi connectivity index (χ4v) is 0.865. The normalized spacial score (nSPS) is 12.8. The van der Waals surface area contributed by atoms with Crippen LogP contribution in [-0.2, 0) is 4.79 Å². The Morgan fingerprint density at radius 3 is 2.15 bits per heavy atom. The van der Waals surface area contributed by atoms with Crippen molar-refractivity contribution in [2.45, 2.75) is 47.5 Å². The molecule has 0 aromatic heterocycles. The molecule has 0 unspecified atom stereocenters. The molecule has 0 saturated carbocycles. The first-order valence-corrected chi connectivity index (χ1v) is 5.02. The van der Waals surface area contributed by atoms with Gasteiger partial charge >= 0.3 is 0 Å². The van der Waals surface area contributed by atoms with E-state index in [-0.39, 0.29) is 5.41 Å². The lowest BCUT2D eigenvalue weighted by molar-refractivity contribution is -0.125. The monoisotopic (exact) mass is 182 g/mol. The molecule has 0 saturated heterocycles. The Morgan fingerprint density at radius 1 is 1.23 bits per heavy atom. The number of ketones is 1. The Balaban J connectivity index is 3.77. The second kappa shape index (κ2) is 5.21. The van der Waals surface area contributed by atoms with Crippen molar-refractivity contribution in [3.63, 3.8) is 0 Å². The minimum Gasteiger partial charge on any atom is -0.299 e. The standard InChI is InChI=1S/C12H22O/c1-10(2)8-6-7-9-11(13)12(3,4)5/h6-7,10H,8-9H2,1-5H3/b7-6+. The highest BCUT2D eigenvalue weighted by Crippen LogP contribution is 2.16. The fourth-order valence-electron chi connectivity index (χ4n) is 0.865. The smallest absolute Gasteiger partial charge is 0.141 e. The van der Waals surface area contributed by atoms with Crippen molar-refractivity contribution in [3.8, 4) is 0 Å². The molecule has 0 rings (SSSR count). The van der Waals surface area contributed by atoms with E-state index in [2.05, 4.69) is 19.9 Å². The van der Waals surface area contributed by atoms with Crippen LogP contribution in [0.4, 0.5) is 0 Å². The summed E-state index contributed by atoms with van der Waals surface area (Å²) < 4.78 is 0. The molecular weight excluding hydrogens is 160 g/mol. The largest absolute Gasteiger partial charge is 0.299 e. The Morgan fingerprint density at radius 2 is 1.77 bits per heavy atom. The zero-order valence-electron chi connectivity index (χ0n) is 9.55. The summed E-state index contributed by atoms with van der Waals surface area (Å²) >= 11 is 0. The molecule has 0 aliphatic carbocycles. The third kappa shape index (κ3) is 6.56. The van der Waals surface area contributed by atoms with E-state index in [0.717, 1.165) is 6.42 Å². The van der Waals surface area contributed by atoms with E-state index < -0.39 is 0 Å². The Kier molecular flexibility index (Phi) is 4.97. The molecular formula is C12H22O. The van der Waals surface area contributed by atoms with Crippen LogP contribution in [0.15, 0.2) is 12.2 Å². The highest BCUT2D eigenvalue weighted by Gasteiger charge is 2.18. The van der Waals surface area contributed by atoms with Crippen LogP contribution in [0.3, 0.4) is 0 Å². The summed E-state index contributed by atoms with van der Waals surface area (Å²) in [6, 6.07) is 0. The van der Waals surface area contributed by atoms with E-state index in [9.17, 15) is 4.79 Å². The molecule has 0 radical (unpaired) electrons. The number of hydrogen-bond donors (Lipinski definition) is 0. The molecule has 0 aromatic rings. The summed E-state index contributed by atoms with van der Waals surface area (Å²) in [5.74, 6) is 0.994. The molecule has 0 spiro atoms. The molecule has 76 valence electrons. The molecule has 1 heteroatoms. The third-order valence-corrected chi connectivity index (χ3v) is 1.91. The molecule has 1 nitrogen and oxygen atoms in total. The van der Waals surface area contributed by atoms with Gasteiger partial charge in [-0.2, -0.15) is 0 Å². The van der Waals surface area contributed by atoms with Gasteiger partial charge in [-0.25, -0.2) is 0 Å². The van der Waals surface area contributed by atoms with Gasteiger partial charge in [-0.1, -0.05) is 46.8 Å². The van der Waals surface area contributed by atoms with Gasteiger partial charge in [0.2, 0.25) is 0 Å². The van der Waals surface area contributed by atoms with Gasteiger partial charge in [-0.3, -0.25) is 4.79 Å². The maximum absolute atomic E-state index is 11.5. The van der Waals surface area contributed by atoms with Gasteiger partial charge in [-0.15, -0.1) is 0 Å². The molecule has 0 aliphatic rings. The fraction of sp³-hybridized carbons (Fsp3) is 0.750. The van der Waals surface area contributed by atoms with Crippen LogP contribution in [0.25, 0.3) is 0 Å². The van der Waals surface area contributed by atoms with Crippen LogP contribution in [-0.4, -0.2) is 5.78 Å². The van der Waals surface area contributed by atoms with Crippen molar-refractivity contribution in [1.29, 1.82) is 0 Å². The van der Waals surface area contributed by atoms with Crippen molar-refractivity contribution < 1.29 is 4.79 Å². The van der Waals surface area contributed by atoms with Crippen LogP contribution in [0, 0.1) is 11.3 Å². The molecule has 0 heterocycles. The molecule has 0 amide bonds. The Labute approximate surface area is 82.2 Å². The lowest BCUT2D eigenvalue weighted by atomic mass is 9.89. The quantitative estimate of drug-likeness (QED) is 0.607. The van der Waals surface area contributed by atoms with Crippen LogP contribution < -0.4 is 0 Å². The second-order valence-electron chi connectivity index (χ2n) is 4.98. The minimum absolute atomic E-state index is 0.192. The van der Waals surface area contributed by atoms with Crippen molar-refractivity contribution >= 4 is 5.78 Å². The molecule has 0 aromatic carbocycles. The minimum atomic E-state index is -0.192. The van der Waals surface area contributed by atoms with Crippen molar-refractivity contribution in [2.75, 3.05) is 0 Å². The highest BCUT2D eigenvalue weighted by molar-refractivity contribution is 5.84. The number of allylic oxidation sites excluding steroid dienone is 2. The van der Waals surface area contributed by atoms with E-state index in [1.54, 1.807) is 0 Å². The highest BCUT2D eigenvalue weighted by atomic mass is 16.1. The van der Waals surface area contributed by atoms with Gasteiger partial charge in [0.15, 0.2) is 0 Å². The van der Waals surface area contributed by atoms with Crippen LogP contribution in [0.2, 0.25) is 0 Å². The van der Waals surface area contributed by atoms with E-state index >= 15 is 0 Å². The Hall–Kier alpha value is -0.590.